The molecule has 0 saturated carbocycles. The maximum atomic E-state index is 12.1. The number of nitrogens with zero attached hydrogens (tertiary/aromatic N) is 6. The second-order valence-electron chi connectivity index (χ2n) is 11.0. The van der Waals surface area contributed by atoms with Crippen LogP contribution in [0.5, 0.6) is 0 Å². The van der Waals surface area contributed by atoms with Gasteiger partial charge in [-0.05, 0) is 50.1 Å². The molecule has 240 valence electrons. The van der Waals surface area contributed by atoms with E-state index in [0.717, 1.165) is 12.1 Å². The number of anilines is 2. The quantitative estimate of drug-likeness (QED) is 0.107. The third kappa shape index (κ3) is 12.2. The Balaban J connectivity index is 0.00000552. The summed E-state index contributed by atoms with van der Waals surface area (Å²) in [4.78, 5) is 25.4. The van der Waals surface area contributed by atoms with Crippen molar-refractivity contribution in [3.63, 3.8) is 0 Å². The van der Waals surface area contributed by atoms with Crippen LogP contribution in [0, 0.1) is 11.3 Å². The van der Waals surface area contributed by atoms with Crippen LogP contribution in [0.1, 0.15) is 69.1 Å². The Morgan fingerprint density at radius 2 is 1.72 bits per heavy atom. The molecule has 18 heteroatoms. The number of carboxylic acids is 1. The molecule has 0 atom stereocenters. The van der Waals surface area contributed by atoms with Gasteiger partial charge in [-0.1, -0.05) is 44.0 Å². The number of nitriles is 1. The zero-order valence-corrected chi connectivity index (χ0v) is 35.8. The van der Waals surface area contributed by atoms with Gasteiger partial charge in [0, 0.05) is 42.4 Å². The van der Waals surface area contributed by atoms with E-state index in [1.807, 2.05) is 32.6 Å². The van der Waals surface area contributed by atoms with Crippen molar-refractivity contribution in [1.82, 2.24) is 9.78 Å². The number of benzene rings is 2. The molecule has 3 aromatic rings. The van der Waals surface area contributed by atoms with Crippen molar-refractivity contribution in [2.24, 2.45) is 10.2 Å². The number of aromatic nitrogens is 2. The molecule has 3 rings (SSSR count). The van der Waals surface area contributed by atoms with E-state index in [-0.39, 0.29) is 153 Å². The number of carbonyl (C=O) groups excluding carboxylic acids is 2. The normalized spacial score (nSPS) is 11.4. The van der Waals surface area contributed by atoms with Crippen molar-refractivity contribution < 1.29 is 130 Å². The van der Waals surface area contributed by atoms with Crippen LogP contribution >= 0.6 is 23.2 Å². The fraction of sp³-hybridized carbons (Fsp3) is 0.379. The predicted molar refractivity (Wildman–Crippen MR) is 168 cm³/mol. The van der Waals surface area contributed by atoms with Crippen LogP contribution in [0.15, 0.2) is 40.6 Å². The van der Waals surface area contributed by atoms with Gasteiger partial charge in [0.15, 0.2) is 5.82 Å². The number of carbonyl (C=O) groups is 2. The van der Waals surface area contributed by atoms with Crippen molar-refractivity contribution in [1.29, 1.82) is 5.26 Å². The van der Waals surface area contributed by atoms with Gasteiger partial charge in [-0.3, -0.25) is 4.79 Å². The summed E-state index contributed by atoms with van der Waals surface area (Å²) in [5.41, 5.74) is 0.875. The van der Waals surface area contributed by atoms with Gasteiger partial charge in [0.05, 0.1) is 37.5 Å². The summed E-state index contributed by atoms with van der Waals surface area (Å²) < 4.78 is 34.0. The molecular formula is C29H31Cl2K2N7O6S. The van der Waals surface area contributed by atoms with Crippen molar-refractivity contribution in [3.8, 4) is 11.8 Å². The molecule has 0 radical (unpaired) electrons. The first-order chi connectivity index (χ1) is 21.0. The molecule has 1 aromatic heterocycles. The van der Waals surface area contributed by atoms with E-state index in [4.69, 9.17) is 23.2 Å². The Morgan fingerprint density at radius 1 is 1.11 bits per heavy atom. The maximum Gasteiger partial charge on any atom is 1.00 e. The van der Waals surface area contributed by atoms with Crippen LogP contribution in [-0.4, -0.2) is 53.5 Å². The van der Waals surface area contributed by atoms with Gasteiger partial charge in [0.1, 0.15) is 23.0 Å². The Bertz CT molecular complexity index is 1780. The summed E-state index contributed by atoms with van der Waals surface area (Å²) in [5, 5.41) is 37.4. The van der Waals surface area contributed by atoms with E-state index < -0.39 is 27.3 Å². The molecule has 0 fully saturated rings. The summed E-state index contributed by atoms with van der Waals surface area (Å²) in [6.45, 7) is 9.79. The molecule has 0 aliphatic heterocycles. The Hall–Kier alpha value is -0.757. The number of amides is 1. The number of carboxylic acid groups (broad SMARTS) is 1. The Kier molecular flexibility index (Phi) is 17.9. The van der Waals surface area contributed by atoms with Gasteiger partial charge in [-0.15, -0.1) is 10.2 Å². The number of rotatable bonds is 12. The average molecular weight is 755 g/mol. The number of hydrogen-bond donors (Lipinski definition) is 1. The monoisotopic (exact) mass is 753 g/mol. The van der Waals surface area contributed by atoms with E-state index >= 15 is 0 Å². The molecule has 0 saturated heterocycles. The molecule has 0 bridgehead atoms. The van der Waals surface area contributed by atoms with Crippen LogP contribution in [0.4, 0.5) is 22.9 Å². The van der Waals surface area contributed by atoms with E-state index in [2.05, 4.69) is 26.7 Å². The van der Waals surface area contributed by atoms with Crippen molar-refractivity contribution in [3.05, 3.63) is 57.2 Å². The Morgan fingerprint density at radius 3 is 2.21 bits per heavy atom. The number of aromatic carboxylic acids is 1. The van der Waals surface area contributed by atoms with Gasteiger partial charge >= 0.3 is 103 Å². The fourth-order valence-corrected chi connectivity index (χ4v) is 5.63. The molecular weight excluding hydrogens is 724 g/mol. The molecule has 1 amide bonds. The number of halogens is 2. The van der Waals surface area contributed by atoms with Gasteiger partial charge in [-0.2, -0.15) is 10.4 Å². The molecule has 1 N–H and O–H groups in total. The van der Waals surface area contributed by atoms with Crippen LogP contribution in [0.2, 0.25) is 10.0 Å². The molecule has 47 heavy (non-hydrogen) atoms. The summed E-state index contributed by atoms with van der Waals surface area (Å²) >= 11 is 12.9. The van der Waals surface area contributed by atoms with Gasteiger partial charge in [0.25, 0.3) is 0 Å². The minimum absolute atomic E-state index is 0. The standard InChI is InChI=1S/C29H33Cl2N7O6S.2K/c1-6-37(11-7-8-12-45(42,43)44)19-9-10-23(24(15-19)33-17(2)39)34-35-27-20(16-32)26(29(3,4)5)36-38(27)25-21(30)13-18(28(40)41)14-22(25)31;;/h9-10,13-15H,6-8,11-12H2,1-5H3,(H,33,39)(H,40,41)(H,42,43,44);;/q;2*+1/p-2. The van der Waals surface area contributed by atoms with Crippen LogP contribution in [0.25, 0.3) is 5.69 Å². The molecule has 0 aliphatic carbocycles. The summed E-state index contributed by atoms with van der Waals surface area (Å²) in [7, 11) is -4.30. The largest absolute Gasteiger partial charge is 1.00 e. The second-order valence-corrected chi connectivity index (χ2v) is 13.4. The fourth-order valence-electron chi connectivity index (χ4n) is 4.42. The van der Waals surface area contributed by atoms with Crippen LogP contribution in [-0.2, 0) is 20.3 Å². The molecule has 0 unspecified atom stereocenters. The first-order valence-electron chi connectivity index (χ1n) is 13.7. The molecule has 1 heterocycles. The van der Waals surface area contributed by atoms with Gasteiger partial charge in [-0.25, -0.2) is 13.1 Å². The summed E-state index contributed by atoms with van der Waals surface area (Å²) in [5.74, 6) is -2.34. The SMILES string of the molecule is CCN(CCCCS(=O)(=O)[O-])c1ccc(N=Nc2c(C#N)c(C(C)(C)C)nn2-c2c(Cl)cc(C(=O)[O-])cc2Cl)c(NC(C)=O)c1.[K+].[K+]. The first-order valence-corrected chi connectivity index (χ1v) is 16.1. The molecule has 0 spiro atoms. The summed E-state index contributed by atoms with van der Waals surface area (Å²) in [6, 6.07) is 9.45. The average Bonchev–Trinajstić information content (AvgIpc) is 3.29. The first kappa shape index (κ1) is 44.3. The number of azo groups is 1. The predicted octanol–water partition coefficient (Wildman–Crippen LogP) is -0.755. The second kappa shape index (κ2) is 19.0. The van der Waals surface area contributed by atoms with Gasteiger partial charge in [0.2, 0.25) is 5.91 Å². The van der Waals surface area contributed by atoms with E-state index in [0.29, 0.717) is 36.6 Å². The van der Waals surface area contributed by atoms with Crippen molar-refractivity contribution >= 4 is 68.1 Å². The molecule has 0 aliphatic rings. The minimum Gasteiger partial charge on any atom is -0.748 e. The zero-order chi connectivity index (χ0) is 33.7. The molecule has 2 aromatic carbocycles. The number of nitrogens with one attached hydrogen (secondary N) is 1. The Labute approximate surface area is 369 Å². The molecule has 13 nitrogen and oxygen atoms in total. The smallest absolute Gasteiger partial charge is 0.748 e. The maximum absolute atomic E-state index is 12.1. The van der Waals surface area contributed by atoms with Crippen LogP contribution in [0.3, 0.4) is 0 Å². The third-order valence-corrected chi connectivity index (χ3v) is 7.88. The topological polar surface area (TPSA) is 196 Å². The van der Waals surface area contributed by atoms with Crippen LogP contribution < -0.4 is 118 Å². The van der Waals surface area contributed by atoms with Crippen molar-refractivity contribution in [2.75, 3.05) is 29.1 Å². The van der Waals surface area contributed by atoms with Gasteiger partial charge < -0.3 is 24.7 Å². The zero-order valence-electron chi connectivity index (χ0n) is 27.2. The number of hydrogen-bond acceptors (Lipinski definition) is 11. The minimum atomic E-state index is -4.30. The third-order valence-electron chi connectivity index (χ3n) is 6.51. The van der Waals surface area contributed by atoms with E-state index in [1.54, 1.807) is 18.2 Å². The number of unbranched alkanes of at least 4 members (excludes halogenated alkanes) is 1. The van der Waals surface area contributed by atoms with E-state index in [9.17, 15) is 32.9 Å². The van der Waals surface area contributed by atoms with Crippen molar-refractivity contribution in [2.45, 2.75) is 52.9 Å². The summed E-state index contributed by atoms with van der Waals surface area (Å²) in [6.07, 6.45) is 0.668. The van der Waals surface area contributed by atoms with E-state index in [1.165, 1.54) is 11.6 Å².